The van der Waals surface area contributed by atoms with Crippen molar-refractivity contribution in [2.45, 2.75) is 27.2 Å². The van der Waals surface area contributed by atoms with E-state index in [-0.39, 0.29) is 10.6 Å². The summed E-state index contributed by atoms with van der Waals surface area (Å²) in [5, 5.41) is 11.3. The Labute approximate surface area is 109 Å². The molecule has 1 heterocycles. The van der Waals surface area contributed by atoms with Gasteiger partial charge in [-0.3, -0.25) is 10.1 Å². The maximum Gasteiger partial charge on any atom is 0.296 e. The Balaban J connectivity index is 2.79. The summed E-state index contributed by atoms with van der Waals surface area (Å²) in [6, 6.07) is 0. The molecular formula is C12H15BrN2O2. The van der Waals surface area contributed by atoms with Crippen LogP contribution in [0.4, 0.5) is 11.4 Å². The fourth-order valence-corrected chi connectivity index (χ4v) is 2.99. The summed E-state index contributed by atoms with van der Waals surface area (Å²) in [6.07, 6.45) is 0.898. The third-order valence-corrected chi connectivity index (χ3v) is 4.68. The van der Waals surface area contributed by atoms with E-state index in [2.05, 4.69) is 20.8 Å². The highest BCUT2D eigenvalue weighted by Gasteiger charge is 2.32. The molecule has 0 amide bonds. The minimum atomic E-state index is -0.258. The minimum absolute atomic E-state index is 0.258. The number of fused-ring (bicyclic) bond motifs is 1. The molecular weight excluding hydrogens is 284 g/mol. The Hall–Kier alpha value is -1.10. The molecule has 0 fully saturated rings. The first-order chi connectivity index (χ1) is 7.99. The average Bonchev–Trinajstić information content (AvgIpc) is 2.69. The van der Waals surface area contributed by atoms with Gasteiger partial charge in [0.15, 0.2) is 0 Å². The molecule has 1 aromatic carbocycles. The molecule has 0 radical (unpaired) electrons. The number of hydrogen-bond donors (Lipinski definition) is 0. The van der Waals surface area contributed by atoms with E-state index in [1.54, 1.807) is 0 Å². The van der Waals surface area contributed by atoms with Crippen LogP contribution in [-0.2, 0) is 6.42 Å². The number of nitrogens with zero attached hydrogens (tertiary/aromatic N) is 2. The number of nitro groups is 1. The number of anilines is 1. The lowest BCUT2D eigenvalue weighted by Crippen LogP contribution is -2.20. The highest BCUT2D eigenvalue weighted by molar-refractivity contribution is 9.10. The molecule has 5 heteroatoms. The van der Waals surface area contributed by atoms with Crippen molar-refractivity contribution in [2.75, 3.05) is 18.0 Å². The summed E-state index contributed by atoms with van der Waals surface area (Å²) in [6.45, 7) is 7.56. The van der Waals surface area contributed by atoms with E-state index >= 15 is 0 Å². The second kappa shape index (κ2) is 4.29. The van der Waals surface area contributed by atoms with Gasteiger partial charge < -0.3 is 4.90 Å². The lowest BCUT2D eigenvalue weighted by atomic mass is 10.0. The molecule has 0 unspecified atom stereocenters. The fourth-order valence-electron chi connectivity index (χ4n) is 2.56. The van der Waals surface area contributed by atoms with E-state index in [1.165, 1.54) is 0 Å². The Morgan fingerprint density at radius 2 is 2.06 bits per heavy atom. The number of likely N-dealkylation sites (N-methyl/N-ethyl adjacent to an activating group) is 1. The van der Waals surface area contributed by atoms with E-state index < -0.39 is 0 Å². The van der Waals surface area contributed by atoms with Crippen LogP contribution >= 0.6 is 15.9 Å². The van der Waals surface area contributed by atoms with Gasteiger partial charge in [-0.05, 0) is 54.2 Å². The first-order valence-electron chi connectivity index (χ1n) is 5.69. The normalized spacial score (nSPS) is 14.0. The Morgan fingerprint density at radius 1 is 1.41 bits per heavy atom. The van der Waals surface area contributed by atoms with Crippen molar-refractivity contribution >= 4 is 27.3 Å². The van der Waals surface area contributed by atoms with Gasteiger partial charge in [0.05, 0.1) is 4.92 Å². The first kappa shape index (κ1) is 12.4. The van der Waals surface area contributed by atoms with Gasteiger partial charge in [0.1, 0.15) is 5.69 Å². The maximum atomic E-state index is 11.3. The predicted molar refractivity (Wildman–Crippen MR) is 71.9 cm³/mol. The van der Waals surface area contributed by atoms with E-state index in [1.807, 2.05) is 20.8 Å². The zero-order valence-electron chi connectivity index (χ0n) is 10.2. The van der Waals surface area contributed by atoms with E-state index in [4.69, 9.17) is 0 Å². The number of rotatable bonds is 2. The van der Waals surface area contributed by atoms with E-state index in [0.29, 0.717) is 0 Å². The summed E-state index contributed by atoms with van der Waals surface area (Å²) in [7, 11) is 0. The second-order valence-electron chi connectivity index (χ2n) is 4.33. The van der Waals surface area contributed by atoms with Crippen molar-refractivity contribution in [1.82, 2.24) is 0 Å². The quantitative estimate of drug-likeness (QED) is 0.621. The fraction of sp³-hybridized carbons (Fsp3) is 0.500. The van der Waals surface area contributed by atoms with Gasteiger partial charge in [-0.2, -0.15) is 0 Å². The molecule has 0 aromatic heterocycles. The van der Waals surface area contributed by atoms with Gasteiger partial charge in [0.25, 0.3) is 5.69 Å². The second-order valence-corrected chi connectivity index (χ2v) is 5.12. The Bertz CT molecular complexity index is 500. The molecule has 0 saturated carbocycles. The van der Waals surface area contributed by atoms with Crippen molar-refractivity contribution in [2.24, 2.45) is 0 Å². The number of hydrogen-bond acceptors (Lipinski definition) is 3. The van der Waals surface area contributed by atoms with Crippen molar-refractivity contribution < 1.29 is 4.92 Å². The molecule has 1 aliphatic rings. The largest absolute Gasteiger partial charge is 0.366 e. The molecule has 4 nitrogen and oxygen atoms in total. The number of halogens is 1. The lowest BCUT2D eigenvalue weighted by Gasteiger charge is -2.18. The molecule has 0 atom stereocenters. The molecule has 0 bridgehead atoms. The summed E-state index contributed by atoms with van der Waals surface area (Å²) in [5.74, 6) is 0. The van der Waals surface area contributed by atoms with Crippen molar-refractivity contribution in [3.8, 4) is 0 Å². The van der Waals surface area contributed by atoms with Crippen molar-refractivity contribution in [3.05, 3.63) is 31.3 Å². The van der Waals surface area contributed by atoms with Gasteiger partial charge in [0.2, 0.25) is 0 Å². The summed E-state index contributed by atoms with van der Waals surface area (Å²) < 4.78 is 0.876. The van der Waals surface area contributed by atoms with Crippen LogP contribution in [0.1, 0.15) is 23.6 Å². The third-order valence-electron chi connectivity index (χ3n) is 3.49. The SMILES string of the molecule is CCN1CCc2c(C)c(Br)c(C)c([N+](=O)[O-])c21. The smallest absolute Gasteiger partial charge is 0.296 e. The number of nitro benzene ring substituents is 1. The topological polar surface area (TPSA) is 46.4 Å². The zero-order chi connectivity index (χ0) is 12.7. The van der Waals surface area contributed by atoms with Crippen LogP contribution in [-0.4, -0.2) is 18.0 Å². The van der Waals surface area contributed by atoms with Crippen LogP contribution in [0.5, 0.6) is 0 Å². The summed E-state index contributed by atoms with van der Waals surface area (Å²) in [4.78, 5) is 13.1. The van der Waals surface area contributed by atoms with Gasteiger partial charge in [0, 0.05) is 23.1 Å². The third kappa shape index (κ3) is 1.73. The van der Waals surface area contributed by atoms with Gasteiger partial charge in [-0.1, -0.05) is 0 Å². The summed E-state index contributed by atoms with van der Waals surface area (Å²) >= 11 is 3.47. The molecule has 0 N–H and O–H groups in total. The average molecular weight is 299 g/mol. The highest BCUT2D eigenvalue weighted by Crippen LogP contribution is 2.44. The molecule has 17 heavy (non-hydrogen) atoms. The summed E-state index contributed by atoms with van der Waals surface area (Å²) in [5.41, 5.74) is 4.08. The molecule has 2 rings (SSSR count). The molecule has 1 aliphatic heterocycles. The van der Waals surface area contributed by atoms with Crippen LogP contribution < -0.4 is 4.90 Å². The van der Waals surface area contributed by atoms with Crippen molar-refractivity contribution in [3.63, 3.8) is 0 Å². The molecule has 1 aromatic rings. The van der Waals surface area contributed by atoms with Gasteiger partial charge >= 0.3 is 0 Å². The highest BCUT2D eigenvalue weighted by atomic mass is 79.9. The Morgan fingerprint density at radius 3 is 2.59 bits per heavy atom. The van der Waals surface area contributed by atoms with E-state index in [9.17, 15) is 10.1 Å². The monoisotopic (exact) mass is 298 g/mol. The van der Waals surface area contributed by atoms with E-state index in [0.717, 1.165) is 46.4 Å². The van der Waals surface area contributed by atoms with Gasteiger partial charge in [-0.15, -0.1) is 0 Å². The zero-order valence-corrected chi connectivity index (χ0v) is 11.8. The lowest BCUT2D eigenvalue weighted by molar-refractivity contribution is -0.384. The predicted octanol–water partition coefficient (Wildman–Crippen LogP) is 3.36. The molecule has 0 aliphatic carbocycles. The molecule has 0 spiro atoms. The Kier molecular flexibility index (Phi) is 3.12. The van der Waals surface area contributed by atoms with Crippen molar-refractivity contribution in [1.29, 1.82) is 0 Å². The minimum Gasteiger partial charge on any atom is -0.366 e. The first-order valence-corrected chi connectivity index (χ1v) is 6.49. The van der Waals surface area contributed by atoms with Gasteiger partial charge in [-0.25, -0.2) is 0 Å². The van der Waals surface area contributed by atoms with Crippen LogP contribution in [0.15, 0.2) is 4.47 Å². The van der Waals surface area contributed by atoms with Crippen LogP contribution in [0, 0.1) is 24.0 Å². The van der Waals surface area contributed by atoms with Crippen LogP contribution in [0.25, 0.3) is 0 Å². The number of benzene rings is 1. The standard InChI is InChI=1S/C12H15BrN2O2/c1-4-14-6-5-9-7(2)10(13)8(3)11(12(9)14)15(16)17/h4-6H2,1-3H3. The molecule has 0 saturated heterocycles. The maximum absolute atomic E-state index is 11.3. The molecule has 92 valence electrons. The van der Waals surface area contributed by atoms with Crippen LogP contribution in [0.2, 0.25) is 0 Å². The van der Waals surface area contributed by atoms with Crippen LogP contribution in [0.3, 0.4) is 0 Å².